The standard InChI is InChI=1S/C21H30NO11.C2HF3O2/c1-8-9-22(6,7)10-17(27)33-21-20(31-15(5)26)19(30-14(4)25)18(29-13(3)24)16(32-21)11-28-12(2)23;3-2(4,5)1(6)7/h1,16,18-21H,9-11H2,2-7H3;(H,6,7)/q+1;/p-1/t16-,18-,19+,20-,21-;/m1./s1. The lowest BCUT2D eigenvalue weighted by atomic mass is 9.98. The van der Waals surface area contributed by atoms with Crippen LogP contribution in [0, 0.1) is 12.3 Å². The summed E-state index contributed by atoms with van der Waals surface area (Å²) in [7, 11) is 3.41. The molecule has 1 aliphatic heterocycles. The normalized spacial score (nSPS) is 22.2. The second-order valence-electron chi connectivity index (χ2n) is 8.80. The number of carboxylic acid groups (broad SMARTS) is 1. The highest BCUT2D eigenvalue weighted by Gasteiger charge is 2.54. The molecule has 0 saturated carbocycles. The summed E-state index contributed by atoms with van der Waals surface area (Å²) in [5.41, 5.74) is 0. The predicted octanol–water partition coefficient (Wildman–Crippen LogP) is -1.38. The van der Waals surface area contributed by atoms with Crippen LogP contribution in [0.4, 0.5) is 13.2 Å². The summed E-state index contributed by atoms with van der Waals surface area (Å²) in [6.07, 6.45) is -6.88. The molecule has 5 atom stereocenters. The van der Waals surface area contributed by atoms with Gasteiger partial charge < -0.3 is 42.8 Å². The molecule has 1 rings (SSSR count). The third-order valence-electron chi connectivity index (χ3n) is 4.50. The van der Waals surface area contributed by atoms with Crippen LogP contribution in [0.3, 0.4) is 0 Å². The molecule has 0 N–H and O–H groups in total. The van der Waals surface area contributed by atoms with Crippen molar-refractivity contribution in [3.05, 3.63) is 0 Å². The number of rotatable bonds is 9. The number of alkyl halides is 3. The second kappa shape index (κ2) is 15.6. The third kappa shape index (κ3) is 13.8. The molecule has 0 radical (unpaired) electrons. The number of carbonyl (C=O) groups is 6. The van der Waals surface area contributed by atoms with E-state index in [1.54, 1.807) is 14.1 Å². The molecule has 1 fully saturated rings. The van der Waals surface area contributed by atoms with Crippen LogP contribution in [0.2, 0.25) is 0 Å². The maximum absolute atomic E-state index is 12.6. The summed E-state index contributed by atoms with van der Waals surface area (Å²) in [6.45, 7) is 4.08. The number of ether oxygens (including phenoxy) is 6. The number of carbonyl (C=O) groups excluding carboxylic acids is 6. The fourth-order valence-corrected chi connectivity index (χ4v) is 3.10. The van der Waals surface area contributed by atoms with Gasteiger partial charge in [-0.1, -0.05) is 0 Å². The van der Waals surface area contributed by atoms with Gasteiger partial charge in [-0.25, -0.2) is 4.79 Å². The number of aliphatic carboxylic acids is 1. The molecule has 226 valence electrons. The molecule has 1 aliphatic rings. The quantitative estimate of drug-likeness (QED) is 0.134. The number of carboxylic acids is 1. The largest absolute Gasteiger partial charge is 0.542 e. The lowest BCUT2D eigenvalue weighted by molar-refractivity contribution is -0.875. The minimum atomic E-state index is -5.19. The van der Waals surface area contributed by atoms with Crippen LogP contribution >= 0.6 is 0 Å². The van der Waals surface area contributed by atoms with Gasteiger partial charge in [0.05, 0.1) is 14.1 Å². The van der Waals surface area contributed by atoms with Gasteiger partial charge in [-0.2, -0.15) is 13.2 Å². The fourth-order valence-electron chi connectivity index (χ4n) is 3.10. The molecule has 0 bridgehead atoms. The maximum atomic E-state index is 12.6. The first-order chi connectivity index (χ1) is 18.2. The van der Waals surface area contributed by atoms with Crippen molar-refractivity contribution in [2.75, 3.05) is 33.8 Å². The van der Waals surface area contributed by atoms with Gasteiger partial charge in [0.2, 0.25) is 12.4 Å². The van der Waals surface area contributed by atoms with Crippen molar-refractivity contribution in [3.63, 3.8) is 0 Å². The zero-order valence-corrected chi connectivity index (χ0v) is 22.5. The Balaban J connectivity index is 0.00000191. The third-order valence-corrected chi connectivity index (χ3v) is 4.50. The molecule has 1 saturated heterocycles. The van der Waals surface area contributed by atoms with Crippen molar-refractivity contribution in [1.29, 1.82) is 0 Å². The van der Waals surface area contributed by atoms with Crippen LogP contribution in [-0.2, 0) is 57.2 Å². The molecule has 0 aromatic carbocycles. The van der Waals surface area contributed by atoms with Crippen LogP contribution in [0.5, 0.6) is 0 Å². The zero-order valence-electron chi connectivity index (χ0n) is 22.5. The molecule has 0 amide bonds. The SMILES string of the molecule is C#CC[N+](C)(C)CC(=O)O[C@H]1O[C@H](COC(C)=O)[C@@H](OC(C)=O)[C@H](OC(C)=O)[C@H]1OC(C)=O.O=C([O-])C(F)(F)F. The summed E-state index contributed by atoms with van der Waals surface area (Å²) in [4.78, 5) is 67.9. The number of quaternary nitrogens is 1. The lowest BCUT2D eigenvalue weighted by Crippen LogP contribution is -2.63. The summed E-state index contributed by atoms with van der Waals surface area (Å²) in [6, 6.07) is 0. The van der Waals surface area contributed by atoms with Gasteiger partial charge in [-0.3, -0.25) is 19.2 Å². The van der Waals surface area contributed by atoms with E-state index in [0.717, 1.165) is 27.7 Å². The van der Waals surface area contributed by atoms with Gasteiger partial charge in [0.1, 0.15) is 25.2 Å². The van der Waals surface area contributed by atoms with Crippen LogP contribution in [0.1, 0.15) is 27.7 Å². The Morgan fingerprint density at radius 3 is 1.70 bits per heavy atom. The van der Waals surface area contributed by atoms with E-state index in [2.05, 4.69) is 5.92 Å². The summed E-state index contributed by atoms with van der Waals surface area (Å²) < 4.78 is 63.4. The van der Waals surface area contributed by atoms with Crippen molar-refractivity contribution in [2.24, 2.45) is 0 Å². The summed E-state index contributed by atoms with van der Waals surface area (Å²) in [5.74, 6) is -4.33. The fraction of sp³-hybridized carbons (Fsp3) is 0.652. The van der Waals surface area contributed by atoms with Crippen molar-refractivity contribution < 1.29 is 79.9 Å². The number of nitrogens with zero attached hydrogens (tertiary/aromatic N) is 1. The highest BCUT2D eigenvalue weighted by molar-refractivity contribution is 5.71. The minimum absolute atomic E-state index is 0.0978. The Bertz CT molecular complexity index is 989. The van der Waals surface area contributed by atoms with E-state index >= 15 is 0 Å². The average Bonchev–Trinajstić information content (AvgIpc) is 2.74. The minimum Gasteiger partial charge on any atom is -0.542 e. The molecular weight excluding hydrogens is 555 g/mol. The molecule has 0 aromatic rings. The first-order valence-electron chi connectivity index (χ1n) is 11.2. The van der Waals surface area contributed by atoms with Gasteiger partial charge in [0.15, 0.2) is 18.8 Å². The number of esters is 5. The van der Waals surface area contributed by atoms with Gasteiger partial charge >= 0.3 is 36.0 Å². The monoisotopic (exact) mass is 585 g/mol. The topological polar surface area (TPSA) is 181 Å². The number of hydrogen-bond donors (Lipinski definition) is 0. The lowest BCUT2D eigenvalue weighted by Gasteiger charge is -2.43. The van der Waals surface area contributed by atoms with E-state index in [1.165, 1.54) is 0 Å². The smallest absolute Gasteiger partial charge is 0.430 e. The van der Waals surface area contributed by atoms with Gasteiger partial charge in [-0.15, -0.1) is 6.42 Å². The summed E-state index contributed by atoms with van der Waals surface area (Å²) in [5, 5.41) is 8.78. The average molecular weight is 585 g/mol. The Labute approximate surface area is 227 Å². The number of terminal acetylenes is 1. The Morgan fingerprint density at radius 2 is 1.30 bits per heavy atom. The number of hydrogen-bond acceptors (Lipinski definition) is 13. The zero-order chi connectivity index (χ0) is 31.4. The van der Waals surface area contributed by atoms with Crippen molar-refractivity contribution in [3.8, 4) is 12.3 Å². The number of halogens is 3. The predicted molar refractivity (Wildman–Crippen MR) is 120 cm³/mol. The van der Waals surface area contributed by atoms with Crippen LogP contribution in [0.15, 0.2) is 0 Å². The highest BCUT2D eigenvalue weighted by atomic mass is 19.4. The van der Waals surface area contributed by atoms with Crippen LogP contribution < -0.4 is 5.11 Å². The Hall–Kier alpha value is -3.91. The molecular formula is C23H30F3NO13. The molecule has 1 heterocycles. The van der Waals surface area contributed by atoms with Crippen molar-refractivity contribution >= 4 is 35.8 Å². The molecule has 40 heavy (non-hydrogen) atoms. The molecule has 0 spiro atoms. The molecule has 14 nitrogen and oxygen atoms in total. The molecule has 17 heteroatoms. The van der Waals surface area contributed by atoms with Crippen LogP contribution in [0.25, 0.3) is 0 Å². The molecule has 0 unspecified atom stereocenters. The number of likely N-dealkylation sites (N-methyl/N-ethyl adjacent to an activating group) is 1. The van der Waals surface area contributed by atoms with E-state index in [9.17, 15) is 37.1 Å². The van der Waals surface area contributed by atoms with Crippen molar-refractivity contribution in [2.45, 2.75) is 64.6 Å². The maximum Gasteiger partial charge on any atom is 0.430 e. The first-order valence-corrected chi connectivity index (χ1v) is 11.2. The Kier molecular flexibility index (Phi) is 14.1. The van der Waals surface area contributed by atoms with E-state index < -0.39 is 79.3 Å². The molecule has 0 aliphatic carbocycles. The van der Waals surface area contributed by atoms with Gasteiger partial charge in [0, 0.05) is 27.7 Å². The second-order valence-corrected chi connectivity index (χ2v) is 8.80. The summed E-state index contributed by atoms with van der Waals surface area (Å²) >= 11 is 0. The van der Waals surface area contributed by atoms with Crippen LogP contribution in [-0.4, -0.2) is 111 Å². The van der Waals surface area contributed by atoms with E-state index in [4.69, 9.17) is 44.7 Å². The van der Waals surface area contributed by atoms with E-state index in [0.29, 0.717) is 0 Å². The van der Waals surface area contributed by atoms with E-state index in [-0.39, 0.29) is 17.6 Å². The van der Waals surface area contributed by atoms with Gasteiger partial charge in [-0.05, 0) is 5.92 Å². The molecule has 0 aromatic heterocycles. The van der Waals surface area contributed by atoms with Crippen molar-refractivity contribution in [1.82, 2.24) is 0 Å². The Morgan fingerprint density at radius 1 is 0.850 bits per heavy atom. The first kappa shape index (κ1) is 36.1. The highest BCUT2D eigenvalue weighted by Crippen LogP contribution is 2.30. The van der Waals surface area contributed by atoms with E-state index in [1.807, 2.05) is 0 Å². The van der Waals surface area contributed by atoms with Gasteiger partial charge in [0.25, 0.3) is 0 Å².